The molecule has 0 radical (unpaired) electrons. The van der Waals surface area contributed by atoms with Crippen LogP contribution in [-0.2, 0) is 4.74 Å². The van der Waals surface area contributed by atoms with Gasteiger partial charge in [-0.05, 0) is 30.9 Å². The molecular formula is C13H15N3O2. The smallest absolute Gasteiger partial charge is 0.269 e. The number of amides is 1. The molecule has 1 aliphatic rings. The molecule has 1 N–H and O–H groups in total. The van der Waals surface area contributed by atoms with Gasteiger partial charge in [-0.3, -0.25) is 9.78 Å². The van der Waals surface area contributed by atoms with Crippen molar-refractivity contribution >= 4 is 5.91 Å². The van der Waals surface area contributed by atoms with E-state index in [1.165, 1.54) is 12.3 Å². The molecule has 1 amide bonds. The standard InChI is InChI=1S/C13H15N3O2/c14-8-11-1-4-15-12(7-11)13(17)16-9-10-2-5-18-6-3-10/h1,4,7,10H,2-3,5-6,9H2,(H,16,17). The van der Waals surface area contributed by atoms with Gasteiger partial charge in [0.25, 0.3) is 5.91 Å². The Labute approximate surface area is 106 Å². The van der Waals surface area contributed by atoms with Crippen LogP contribution in [0.2, 0.25) is 0 Å². The summed E-state index contributed by atoms with van der Waals surface area (Å²) < 4.78 is 5.26. The highest BCUT2D eigenvalue weighted by atomic mass is 16.5. The summed E-state index contributed by atoms with van der Waals surface area (Å²) in [4.78, 5) is 15.8. The quantitative estimate of drug-likeness (QED) is 0.865. The Morgan fingerprint density at radius 1 is 1.56 bits per heavy atom. The Morgan fingerprint density at radius 2 is 2.33 bits per heavy atom. The van der Waals surface area contributed by atoms with Crippen molar-refractivity contribution in [2.75, 3.05) is 19.8 Å². The van der Waals surface area contributed by atoms with Crippen LogP contribution >= 0.6 is 0 Å². The number of hydrogen-bond donors (Lipinski definition) is 1. The van der Waals surface area contributed by atoms with Crippen LogP contribution in [0.4, 0.5) is 0 Å². The largest absolute Gasteiger partial charge is 0.381 e. The zero-order valence-electron chi connectivity index (χ0n) is 10.1. The summed E-state index contributed by atoms with van der Waals surface area (Å²) in [5.41, 5.74) is 0.738. The Bertz CT molecular complexity index is 462. The normalized spacial score (nSPS) is 15.9. The van der Waals surface area contributed by atoms with Crippen LogP contribution in [0.1, 0.15) is 28.9 Å². The molecule has 1 aromatic heterocycles. The summed E-state index contributed by atoms with van der Waals surface area (Å²) in [6.45, 7) is 2.17. The van der Waals surface area contributed by atoms with Crippen molar-refractivity contribution < 1.29 is 9.53 Å². The zero-order valence-corrected chi connectivity index (χ0v) is 10.1. The maximum Gasteiger partial charge on any atom is 0.269 e. The monoisotopic (exact) mass is 245 g/mol. The number of rotatable bonds is 3. The van der Waals surface area contributed by atoms with E-state index in [0.29, 0.717) is 23.7 Å². The first kappa shape index (κ1) is 12.5. The number of aromatic nitrogens is 1. The third-order valence-electron chi connectivity index (χ3n) is 3.01. The first-order chi connectivity index (χ1) is 8.79. The van der Waals surface area contributed by atoms with Crippen LogP contribution in [0.25, 0.3) is 0 Å². The molecule has 2 heterocycles. The molecule has 1 saturated heterocycles. The van der Waals surface area contributed by atoms with E-state index in [4.69, 9.17) is 10.00 Å². The summed E-state index contributed by atoms with van der Waals surface area (Å²) >= 11 is 0. The molecule has 1 aliphatic heterocycles. The van der Waals surface area contributed by atoms with Gasteiger partial charge in [0.2, 0.25) is 0 Å². The minimum absolute atomic E-state index is 0.224. The van der Waals surface area contributed by atoms with E-state index in [-0.39, 0.29) is 5.91 Å². The number of nitrogens with one attached hydrogen (secondary N) is 1. The number of ether oxygens (including phenoxy) is 1. The van der Waals surface area contributed by atoms with Crippen molar-refractivity contribution in [3.8, 4) is 6.07 Å². The molecule has 0 saturated carbocycles. The number of pyridine rings is 1. The fourth-order valence-electron chi connectivity index (χ4n) is 1.90. The van der Waals surface area contributed by atoms with Gasteiger partial charge in [0.15, 0.2) is 0 Å². The second-order valence-corrected chi connectivity index (χ2v) is 4.31. The van der Waals surface area contributed by atoms with E-state index in [9.17, 15) is 4.79 Å². The minimum atomic E-state index is -0.224. The molecule has 0 unspecified atom stereocenters. The van der Waals surface area contributed by atoms with Gasteiger partial charge in [-0.25, -0.2) is 0 Å². The fourth-order valence-corrected chi connectivity index (χ4v) is 1.90. The molecule has 1 aromatic rings. The zero-order chi connectivity index (χ0) is 12.8. The van der Waals surface area contributed by atoms with E-state index >= 15 is 0 Å². The lowest BCUT2D eigenvalue weighted by Gasteiger charge is -2.22. The molecule has 2 rings (SSSR count). The van der Waals surface area contributed by atoms with Crippen LogP contribution < -0.4 is 5.32 Å². The number of nitriles is 1. The van der Waals surface area contributed by atoms with E-state index in [1.807, 2.05) is 6.07 Å². The highest BCUT2D eigenvalue weighted by Gasteiger charge is 2.15. The number of carbonyl (C=O) groups is 1. The summed E-state index contributed by atoms with van der Waals surface area (Å²) in [6.07, 6.45) is 3.43. The van der Waals surface area contributed by atoms with Gasteiger partial charge in [0.1, 0.15) is 5.69 Å². The van der Waals surface area contributed by atoms with Crippen molar-refractivity contribution in [2.24, 2.45) is 5.92 Å². The van der Waals surface area contributed by atoms with Gasteiger partial charge in [0.05, 0.1) is 11.6 Å². The lowest BCUT2D eigenvalue weighted by Crippen LogP contribution is -2.32. The summed E-state index contributed by atoms with van der Waals surface area (Å²) in [5.74, 6) is 0.250. The molecule has 94 valence electrons. The fraction of sp³-hybridized carbons (Fsp3) is 0.462. The Morgan fingerprint density at radius 3 is 3.06 bits per heavy atom. The van der Waals surface area contributed by atoms with E-state index in [1.54, 1.807) is 6.07 Å². The number of nitrogens with zero attached hydrogens (tertiary/aromatic N) is 2. The number of carbonyl (C=O) groups excluding carboxylic acids is 1. The van der Waals surface area contributed by atoms with Crippen LogP contribution in [0.3, 0.4) is 0 Å². The molecular weight excluding hydrogens is 230 g/mol. The molecule has 18 heavy (non-hydrogen) atoms. The van der Waals surface area contributed by atoms with E-state index in [2.05, 4.69) is 10.3 Å². The highest BCUT2D eigenvalue weighted by molar-refractivity contribution is 5.92. The van der Waals surface area contributed by atoms with Crippen molar-refractivity contribution in [3.63, 3.8) is 0 Å². The van der Waals surface area contributed by atoms with Gasteiger partial charge in [-0.15, -0.1) is 0 Å². The van der Waals surface area contributed by atoms with Gasteiger partial charge < -0.3 is 10.1 Å². The first-order valence-corrected chi connectivity index (χ1v) is 6.01. The van der Waals surface area contributed by atoms with Crippen molar-refractivity contribution in [1.82, 2.24) is 10.3 Å². The van der Waals surface area contributed by atoms with Crippen molar-refractivity contribution in [3.05, 3.63) is 29.6 Å². The van der Waals surface area contributed by atoms with Crippen LogP contribution in [0, 0.1) is 17.2 Å². The maximum atomic E-state index is 11.8. The molecule has 0 bridgehead atoms. The molecule has 1 fully saturated rings. The minimum Gasteiger partial charge on any atom is -0.381 e. The third kappa shape index (κ3) is 3.28. The van der Waals surface area contributed by atoms with Crippen LogP contribution in [-0.4, -0.2) is 30.6 Å². The van der Waals surface area contributed by atoms with E-state index < -0.39 is 0 Å². The molecule has 0 spiro atoms. The molecule has 0 atom stereocenters. The summed E-state index contributed by atoms with van der Waals surface area (Å²) in [7, 11) is 0. The Kier molecular flexibility index (Phi) is 4.26. The van der Waals surface area contributed by atoms with Crippen molar-refractivity contribution in [2.45, 2.75) is 12.8 Å². The first-order valence-electron chi connectivity index (χ1n) is 6.01. The molecule has 5 heteroatoms. The average molecular weight is 245 g/mol. The third-order valence-corrected chi connectivity index (χ3v) is 3.01. The molecule has 0 aliphatic carbocycles. The maximum absolute atomic E-state index is 11.8. The van der Waals surface area contributed by atoms with Gasteiger partial charge in [-0.1, -0.05) is 0 Å². The lowest BCUT2D eigenvalue weighted by atomic mass is 10.0. The SMILES string of the molecule is N#Cc1ccnc(C(=O)NCC2CCOCC2)c1. The molecule has 0 aromatic carbocycles. The van der Waals surface area contributed by atoms with Gasteiger partial charge in [-0.2, -0.15) is 5.26 Å². The predicted molar refractivity (Wildman–Crippen MR) is 64.8 cm³/mol. The average Bonchev–Trinajstić information content (AvgIpc) is 2.46. The van der Waals surface area contributed by atoms with Crippen LogP contribution in [0.15, 0.2) is 18.3 Å². The van der Waals surface area contributed by atoms with Crippen LogP contribution in [0.5, 0.6) is 0 Å². The number of hydrogen-bond acceptors (Lipinski definition) is 4. The summed E-state index contributed by atoms with van der Waals surface area (Å²) in [5, 5.41) is 11.6. The van der Waals surface area contributed by atoms with Crippen molar-refractivity contribution in [1.29, 1.82) is 5.26 Å². The van der Waals surface area contributed by atoms with Gasteiger partial charge >= 0.3 is 0 Å². The summed E-state index contributed by atoms with van der Waals surface area (Å²) in [6, 6.07) is 5.07. The topological polar surface area (TPSA) is 75.0 Å². The second kappa shape index (κ2) is 6.12. The predicted octanol–water partition coefficient (Wildman–Crippen LogP) is 1.11. The second-order valence-electron chi connectivity index (χ2n) is 4.31. The molecule has 5 nitrogen and oxygen atoms in total. The Balaban J connectivity index is 1.89. The van der Waals surface area contributed by atoms with E-state index in [0.717, 1.165) is 26.1 Å². The van der Waals surface area contributed by atoms with Gasteiger partial charge in [0, 0.05) is 26.0 Å². The Hall–Kier alpha value is -1.93. The lowest BCUT2D eigenvalue weighted by molar-refractivity contribution is 0.0642. The highest BCUT2D eigenvalue weighted by Crippen LogP contribution is 2.13.